The van der Waals surface area contributed by atoms with Gasteiger partial charge in [-0.1, -0.05) is 54.2 Å². The Morgan fingerprint density at radius 3 is 2.31 bits per heavy atom. The molecule has 2 amide bonds. The van der Waals surface area contributed by atoms with E-state index in [0.717, 1.165) is 44.3 Å². The number of rotatable bonds is 13. The van der Waals surface area contributed by atoms with Gasteiger partial charge in [-0.15, -0.1) is 0 Å². The fourth-order valence-corrected chi connectivity index (χ4v) is 6.08. The second kappa shape index (κ2) is 15.7. The maximum Gasteiger partial charge on any atom is 0.329 e. The van der Waals surface area contributed by atoms with E-state index in [1.807, 2.05) is 0 Å². The van der Waals surface area contributed by atoms with E-state index >= 15 is 0 Å². The van der Waals surface area contributed by atoms with Gasteiger partial charge in [-0.3, -0.25) is 14.5 Å². The minimum Gasteiger partial charge on any atom is -0.463 e. The van der Waals surface area contributed by atoms with Gasteiger partial charge in [0.1, 0.15) is 12.6 Å². The molecule has 1 saturated carbocycles. The third-order valence-corrected chi connectivity index (χ3v) is 8.64. The number of nitrogens with one attached hydrogen (secondary N) is 2. The number of methoxy groups -OCH3 is 1. The van der Waals surface area contributed by atoms with Crippen LogP contribution < -0.4 is 10.6 Å². The number of hydrogen-bond donors (Lipinski definition) is 2. The number of amides is 2. The first kappa shape index (κ1) is 32.2. The van der Waals surface area contributed by atoms with Crippen molar-refractivity contribution in [1.29, 1.82) is 0 Å². The molecule has 0 radical (unpaired) electrons. The van der Waals surface area contributed by atoms with Gasteiger partial charge in [-0.25, -0.2) is 4.79 Å². The summed E-state index contributed by atoms with van der Waals surface area (Å²) in [4.78, 5) is 41.9. The summed E-state index contributed by atoms with van der Waals surface area (Å²) >= 11 is 12.3. The number of morpholine rings is 1. The van der Waals surface area contributed by atoms with Gasteiger partial charge in [0, 0.05) is 45.5 Å². The summed E-state index contributed by atoms with van der Waals surface area (Å²) in [5.41, 5.74) is 0.993. The zero-order chi connectivity index (χ0) is 30.0. The van der Waals surface area contributed by atoms with Gasteiger partial charge in [-0.05, 0) is 49.1 Å². The van der Waals surface area contributed by atoms with Crippen LogP contribution in [0.25, 0.3) is 0 Å². The van der Waals surface area contributed by atoms with Crippen molar-refractivity contribution >= 4 is 46.7 Å². The van der Waals surface area contributed by atoms with E-state index in [-0.39, 0.29) is 34.5 Å². The molecule has 0 bridgehead atoms. The zero-order valence-electron chi connectivity index (χ0n) is 24.0. The van der Waals surface area contributed by atoms with Crippen LogP contribution >= 0.6 is 23.2 Å². The SMILES string of the molecule is COCCC1(C(=O)NC(Cc2ccc(NC(=O)c3c(Cl)cccc3Cl)cc2)C(=O)OCCN2CCOCC2)CCCC1. The fourth-order valence-electron chi connectivity index (χ4n) is 5.51. The molecule has 0 spiro atoms. The molecule has 228 valence electrons. The third kappa shape index (κ3) is 8.67. The molecular weight excluding hydrogens is 581 g/mol. The van der Waals surface area contributed by atoms with Gasteiger partial charge < -0.3 is 24.8 Å². The molecule has 4 rings (SSSR count). The molecular formula is C31H39Cl2N3O6. The minimum absolute atomic E-state index is 0.132. The molecule has 2 N–H and O–H groups in total. The lowest BCUT2D eigenvalue weighted by molar-refractivity contribution is -0.150. The summed E-state index contributed by atoms with van der Waals surface area (Å²) in [6.07, 6.45) is 4.33. The van der Waals surface area contributed by atoms with Gasteiger partial charge in [0.2, 0.25) is 5.91 Å². The lowest BCUT2D eigenvalue weighted by atomic mass is 9.81. The Balaban J connectivity index is 1.43. The largest absolute Gasteiger partial charge is 0.463 e. The van der Waals surface area contributed by atoms with Crippen molar-refractivity contribution in [3.8, 4) is 0 Å². The van der Waals surface area contributed by atoms with E-state index < -0.39 is 23.3 Å². The van der Waals surface area contributed by atoms with E-state index in [1.54, 1.807) is 49.6 Å². The van der Waals surface area contributed by atoms with Crippen molar-refractivity contribution in [2.45, 2.75) is 44.6 Å². The Bertz CT molecular complexity index is 1190. The summed E-state index contributed by atoms with van der Waals surface area (Å²) < 4.78 is 16.3. The molecule has 2 aliphatic rings. The van der Waals surface area contributed by atoms with Crippen LogP contribution in [0, 0.1) is 5.41 Å². The van der Waals surface area contributed by atoms with Crippen LogP contribution in [0.15, 0.2) is 42.5 Å². The Morgan fingerprint density at radius 2 is 1.67 bits per heavy atom. The molecule has 1 aliphatic heterocycles. The summed E-state index contributed by atoms with van der Waals surface area (Å²) in [7, 11) is 1.63. The fraction of sp³-hybridized carbons (Fsp3) is 0.516. The van der Waals surface area contributed by atoms with Crippen LogP contribution in [-0.2, 0) is 30.2 Å². The maximum absolute atomic E-state index is 13.6. The Morgan fingerprint density at radius 1 is 1.00 bits per heavy atom. The first-order valence-corrected chi connectivity index (χ1v) is 15.2. The molecule has 9 nitrogen and oxygen atoms in total. The molecule has 1 atom stereocenters. The molecule has 0 aromatic heterocycles. The van der Waals surface area contributed by atoms with E-state index in [0.29, 0.717) is 38.5 Å². The Hall–Kier alpha value is -2.69. The highest BCUT2D eigenvalue weighted by molar-refractivity contribution is 6.40. The number of carbonyl (C=O) groups is 3. The second-order valence-electron chi connectivity index (χ2n) is 10.8. The van der Waals surface area contributed by atoms with Crippen molar-refractivity contribution in [3.63, 3.8) is 0 Å². The first-order valence-electron chi connectivity index (χ1n) is 14.4. The summed E-state index contributed by atoms with van der Waals surface area (Å²) in [5.74, 6) is -1.03. The highest BCUT2D eigenvalue weighted by Gasteiger charge is 2.42. The van der Waals surface area contributed by atoms with E-state index in [1.165, 1.54) is 0 Å². The molecule has 2 aromatic rings. The summed E-state index contributed by atoms with van der Waals surface area (Å²) in [6.45, 7) is 4.24. The number of benzene rings is 2. The normalized spacial score (nSPS) is 17.4. The van der Waals surface area contributed by atoms with Crippen molar-refractivity contribution in [3.05, 3.63) is 63.6 Å². The molecule has 42 heavy (non-hydrogen) atoms. The predicted octanol–water partition coefficient (Wildman–Crippen LogP) is 4.75. The maximum atomic E-state index is 13.6. The standard InChI is InChI=1S/C31H39Cl2N3O6/c1-40-17-13-31(11-2-3-12-31)30(39)35-26(29(38)42-20-16-36-14-18-41-19-15-36)21-22-7-9-23(10-8-22)34-28(37)27-24(32)5-4-6-25(27)33/h4-10,26H,2-3,11-21H2,1H3,(H,34,37)(H,35,39). The molecule has 11 heteroatoms. The van der Waals surface area contributed by atoms with Crippen LogP contribution in [0.5, 0.6) is 0 Å². The molecule has 2 aromatic carbocycles. The van der Waals surface area contributed by atoms with Crippen molar-refractivity contribution < 1.29 is 28.6 Å². The van der Waals surface area contributed by atoms with Crippen molar-refractivity contribution in [2.24, 2.45) is 5.41 Å². The molecule has 1 saturated heterocycles. The number of ether oxygens (including phenoxy) is 3. The van der Waals surface area contributed by atoms with Gasteiger partial charge in [-0.2, -0.15) is 0 Å². The lowest BCUT2D eigenvalue weighted by Gasteiger charge is -2.30. The topological polar surface area (TPSA) is 106 Å². The van der Waals surface area contributed by atoms with E-state index in [4.69, 9.17) is 37.4 Å². The smallest absolute Gasteiger partial charge is 0.329 e. The number of hydrogen-bond acceptors (Lipinski definition) is 7. The van der Waals surface area contributed by atoms with E-state index in [2.05, 4.69) is 15.5 Å². The third-order valence-electron chi connectivity index (χ3n) is 8.01. The van der Waals surface area contributed by atoms with Crippen molar-refractivity contribution in [2.75, 3.05) is 58.5 Å². The monoisotopic (exact) mass is 619 g/mol. The van der Waals surface area contributed by atoms with Gasteiger partial charge in [0.15, 0.2) is 0 Å². The average molecular weight is 621 g/mol. The van der Waals surface area contributed by atoms with E-state index in [9.17, 15) is 14.4 Å². The zero-order valence-corrected chi connectivity index (χ0v) is 25.5. The predicted molar refractivity (Wildman–Crippen MR) is 162 cm³/mol. The van der Waals surface area contributed by atoms with Crippen LogP contribution in [0.4, 0.5) is 5.69 Å². The molecule has 1 unspecified atom stereocenters. The number of anilines is 1. The van der Waals surface area contributed by atoms with Gasteiger partial charge in [0.05, 0.1) is 34.2 Å². The highest BCUT2D eigenvalue weighted by atomic mass is 35.5. The highest BCUT2D eigenvalue weighted by Crippen LogP contribution is 2.41. The number of halogens is 2. The van der Waals surface area contributed by atoms with Crippen LogP contribution in [0.2, 0.25) is 10.0 Å². The summed E-state index contributed by atoms with van der Waals surface area (Å²) in [5, 5.41) is 6.34. The van der Waals surface area contributed by atoms with Gasteiger partial charge in [0.25, 0.3) is 5.91 Å². The van der Waals surface area contributed by atoms with Crippen molar-refractivity contribution in [1.82, 2.24) is 10.2 Å². The molecule has 2 fully saturated rings. The Labute approximate surface area is 257 Å². The number of nitrogens with zero attached hydrogens (tertiary/aromatic N) is 1. The first-order chi connectivity index (χ1) is 20.3. The van der Waals surface area contributed by atoms with Crippen LogP contribution in [0.3, 0.4) is 0 Å². The number of carbonyl (C=O) groups excluding carboxylic acids is 3. The Kier molecular flexibility index (Phi) is 12.0. The van der Waals surface area contributed by atoms with Crippen LogP contribution in [-0.4, -0.2) is 81.9 Å². The summed E-state index contributed by atoms with van der Waals surface area (Å²) in [6, 6.07) is 11.1. The lowest BCUT2D eigenvalue weighted by Crippen LogP contribution is -2.50. The van der Waals surface area contributed by atoms with Gasteiger partial charge >= 0.3 is 5.97 Å². The average Bonchev–Trinajstić information content (AvgIpc) is 3.47. The minimum atomic E-state index is -0.857. The molecule has 1 aliphatic carbocycles. The van der Waals surface area contributed by atoms with Crippen LogP contribution in [0.1, 0.15) is 48.0 Å². The molecule has 1 heterocycles. The quantitative estimate of drug-likeness (QED) is 0.312. The second-order valence-corrected chi connectivity index (χ2v) is 11.6. The number of esters is 1.